The van der Waals surface area contributed by atoms with E-state index in [0.29, 0.717) is 0 Å². The first kappa shape index (κ1) is 12.2. The number of rotatable bonds is 1. The number of para-hydroxylation sites is 1. The van der Waals surface area contributed by atoms with Gasteiger partial charge in [0.05, 0.1) is 5.69 Å². The summed E-state index contributed by atoms with van der Waals surface area (Å²) in [7, 11) is -4.16. The molecule has 0 amide bonds. The Morgan fingerprint density at radius 1 is 1.25 bits per heavy atom. The molecule has 0 aliphatic rings. The zero-order valence-electron chi connectivity index (χ0n) is 5.56. The molecule has 0 aliphatic heterocycles. The van der Waals surface area contributed by atoms with Crippen LogP contribution in [0.25, 0.3) is 0 Å². The van der Waals surface area contributed by atoms with Crippen LogP contribution in [0.3, 0.4) is 0 Å². The van der Waals surface area contributed by atoms with Gasteiger partial charge in [0.15, 0.2) is 0 Å². The Bertz CT molecular complexity index is 363. The van der Waals surface area contributed by atoms with Crippen LogP contribution in [0.5, 0.6) is 0 Å². The van der Waals surface area contributed by atoms with Crippen LogP contribution in [0, 0.1) is 0 Å². The Morgan fingerprint density at radius 3 is 2.08 bits per heavy atom. The van der Waals surface area contributed by atoms with Crippen molar-refractivity contribution >= 4 is 53.5 Å². The number of nitrogen functional groups attached to an aromatic ring is 1. The predicted octanol–water partition coefficient (Wildman–Crippen LogP) is -0.401. The summed E-state index contributed by atoms with van der Waals surface area (Å²) in [5.74, 6) is 0. The summed E-state index contributed by atoms with van der Waals surface area (Å²) in [6.45, 7) is 0. The molecule has 0 atom stereocenters. The van der Waals surface area contributed by atoms with Crippen molar-refractivity contribution in [3.63, 3.8) is 0 Å². The topological polar surface area (TPSA) is 80.4 Å². The molecule has 1 aromatic carbocycles. The average Bonchev–Trinajstić information content (AvgIpc) is 1.86. The van der Waals surface area contributed by atoms with Crippen LogP contribution in [0.15, 0.2) is 29.2 Å². The molecule has 4 nitrogen and oxygen atoms in total. The van der Waals surface area contributed by atoms with Gasteiger partial charge in [-0.3, -0.25) is 4.55 Å². The molecule has 0 heterocycles. The van der Waals surface area contributed by atoms with Gasteiger partial charge >= 0.3 is 37.7 Å². The van der Waals surface area contributed by atoms with Crippen LogP contribution >= 0.6 is 0 Å². The standard InChI is InChI=1S/C6H7NO3S.Ca.2H/c7-5-3-1-2-4-6(5)11(8,9)10;;;/h1-4H,7H2,(H,8,9,10);;;. The van der Waals surface area contributed by atoms with Gasteiger partial charge in [0.1, 0.15) is 4.90 Å². The number of hydrogen-bond acceptors (Lipinski definition) is 3. The van der Waals surface area contributed by atoms with Crippen molar-refractivity contribution < 1.29 is 13.0 Å². The summed E-state index contributed by atoms with van der Waals surface area (Å²) >= 11 is 0. The normalized spacial score (nSPS) is 10.4. The maximum atomic E-state index is 10.5. The van der Waals surface area contributed by atoms with Gasteiger partial charge in [-0.15, -0.1) is 0 Å². The minimum absolute atomic E-state index is 0. The van der Waals surface area contributed by atoms with Crippen LogP contribution in [0.4, 0.5) is 5.69 Å². The summed E-state index contributed by atoms with van der Waals surface area (Å²) < 4.78 is 29.6. The zero-order chi connectivity index (χ0) is 8.48. The second kappa shape index (κ2) is 4.43. The first-order chi connectivity index (χ1) is 5.02. The van der Waals surface area contributed by atoms with Crippen LogP contribution < -0.4 is 5.73 Å². The third-order valence-corrected chi connectivity index (χ3v) is 2.12. The number of hydrogen-bond donors (Lipinski definition) is 2. The van der Waals surface area contributed by atoms with Gasteiger partial charge in [0.25, 0.3) is 10.1 Å². The monoisotopic (exact) mass is 215 g/mol. The molecule has 12 heavy (non-hydrogen) atoms. The molecule has 1 aromatic rings. The van der Waals surface area contributed by atoms with Gasteiger partial charge in [-0.2, -0.15) is 8.42 Å². The molecule has 0 saturated heterocycles. The van der Waals surface area contributed by atoms with E-state index in [9.17, 15) is 8.42 Å². The van der Waals surface area contributed by atoms with Crippen molar-refractivity contribution in [2.45, 2.75) is 4.90 Å². The van der Waals surface area contributed by atoms with Crippen molar-refractivity contribution in [1.29, 1.82) is 0 Å². The van der Waals surface area contributed by atoms with Crippen molar-refractivity contribution in [1.82, 2.24) is 0 Å². The average molecular weight is 215 g/mol. The van der Waals surface area contributed by atoms with Crippen molar-refractivity contribution in [2.75, 3.05) is 5.73 Å². The Hall–Kier alpha value is 0.190. The molecule has 6 heteroatoms. The number of benzene rings is 1. The molecule has 0 aliphatic carbocycles. The first-order valence-corrected chi connectivity index (χ1v) is 4.28. The van der Waals surface area contributed by atoms with E-state index < -0.39 is 10.1 Å². The summed E-state index contributed by atoms with van der Waals surface area (Å²) in [6.07, 6.45) is 0. The molecule has 64 valence electrons. The third kappa shape index (κ3) is 2.91. The quantitative estimate of drug-likeness (QED) is 0.379. The summed E-state index contributed by atoms with van der Waals surface area (Å²) in [5.41, 5.74) is 5.32. The predicted molar refractivity (Wildman–Crippen MR) is 49.2 cm³/mol. The molecule has 3 N–H and O–H groups in total. The molecule has 0 fully saturated rings. The van der Waals surface area contributed by atoms with E-state index >= 15 is 0 Å². The minimum atomic E-state index is -4.16. The van der Waals surface area contributed by atoms with Gasteiger partial charge in [-0.05, 0) is 12.1 Å². The van der Waals surface area contributed by atoms with E-state index in [1.807, 2.05) is 0 Å². The third-order valence-electron chi connectivity index (χ3n) is 1.20. The first-order valence-electron chi connectivity index (χ1n) is 2.84. The Morgan fingerprint density at radius 2 is 1.75 bits per heavy atom. The van der Waals surface area contributed by atoms with E-state index in [1.165, 1.54) is 18.2 Å². The molecule has 0 aromatic heterocycles. The fourth-order valence-electron chi connectivity index (χ4n) is 0.715. The molecule has 0 bridgehead atoms. The summed E-state index contributed by atoms with van der Waals surface area (Å²) in [4.78, 5) is -0.250. The van der Waals surface area contributed by atoms with Crippen LogP contribution in [-0.2, 0) is 10.1 Å². The fourth-order valence-corrected chi connectivity index (χ4v) is 1.33. The molecule has 0 unspecified atom stereocenters. The summed E-state index contributed by atoms with van der Waals surface area (Å²) in [5, 5.41) is 0. The van der Waals surface area contributed by atoms with Crippen molar-refractivity contribution in [3.8, 4) is 0 Å². The van der Waals surface area contributed by atoms with Crippen LogP contribution in [0.1, 0.15) is 0 Å². The van der Waals surface area contributed by atoms with Gasteiger partial charge in [0, 0.05) is 0 Å². The van der Waals surface area contributed by atoms with Crippen LogP contribution in [-0.4, -0.2) is 50.7 Å². The van der Waals surface area contributed by atoms with Gasteiger partial charge in [-0.1, -0.05) is 12.1 Å². The SMILES string of the molecule is Nc1ccccc1S(=O)(=O)O.[CaH2]. The maximum absolute atomic E-state index is 10.5. The molecule has 1 rings (SSSR count). The van der Waals surface area contributed by atoms with E-state index in [0.717, 1.165) is 0 Å². The second-order valence-electron chi connectivity index (χ2n) is 2.01. The van der Waals surface area contributed by atoms with Crippen LogP contribution in [0.2, 0.25) is 0 Å². The Balaban J connectivity index is 0.00000121. The van der Waals surface area contributed by atoms with Gasteiger partial charge in [0.2, 0.25) is 0 Å². The molecule has 0 radical (unpaired) electrons. The van der Waals surface area contributed by atoms with E-state index in [4.69, 9.17) is 10.3 Å². The van der Waals surface area contributed by atoms with Crippen molar-refractivity contribution in [3.05, 3.63) is 24.3 Å². The number of nitrogens with two attached hydrogens (primary N) is 1. The Labute approximate surface area is 101 Å². The second-order valence-corrected chi connectivity index (χ2v) is 3.40. The van der Waals surface area contributed by atoms with E-state index in [2.05, 4.69) is 0 Å². The van der Waals surface area contributed by atoms with Crippen molar-refractivity contribution in [2.24, 2.45) is 0 Å². The van der Waals surface area contributed by atoms with E-state index in [-0.39, 0.29) is 48.3 Å². The molecular formula is C6H9CaNO3S. The zero-order valence-corrected chi connectivity index (χ0v) is 6.38. The molecule has 0 spiro atoms. The number of anilines is 1. The van der Waals surface area contributed by atoms with E-state index in [1.54, 1.807) is 6.07 Å². The molecular weight excluding hydrogens is 206 g/mol. The summed E-state index contributed by atoms with van der Waals surface area (Å²) in [6, 6.07) is 5.72. The Kier molecular flexibility index (Phi) is 4.50. The fraction of sp³-hybridized carbons (Fsp3) is 0. The van der Waals surface area contributed by atoms with Gasteiger partial charge in [-0.25, -0.2) is 0 Å². The van der Waals surface area contributed by atoms with Gasteiger partial charge < -0.3 is 5.73 Å². The molecule has 0 saturated carbocycles.